The van der Waals surface area contributed by atoms with Crippen LogP contribution in [-0.4, -0.2) is 18.0 Å². The Hall–Kier alpha value is -2.06. The van der Waals surface area contributed by atoms with Crippen LogP contribution in [0, 0.1) is 0 Å². The molecule has 2 aromatic carbocycles. The molecule has 1 saturated heterocycles. The fourth-order valence-electron chi connectivity index (χ4n) is 3.42. The number of para-hydroxylation sites is 1. The van der Waals surface area contributed by atoms with E-state index >= 15 is 0 Å². The monoisotopic (exact) mass is 290 g/mol. The Bertz CT molecular complexity index is 697. The van der Waals surface area contributed by atoms with E-state index in [1.807, 2.05) is 0 Å². The highest BCUT2D eigenvalue weighted by atomic mass is 15.1. The van der Waals surface area contributed by atoms with Gasteiger partial charge in [0.25, 0.3) is 0 Å². The minimum absolute atomic E-state index is 1.08. The van der Waals surface area contributed by atoms with E-state index in [-0.39, 0.29) is 0 Å². The summed E-state index contributed by atoms with van der Waals surface area (Å²) in [7, 11) is 0. The summed E-state index contributed by atoms with van der Waals surface area (Å²) in [6, 6.07) is 15.3. The lowest BCUT2D eigenvalue weighted by Crippen LogP contribution is -2.29. The molecule has 0 amide bonds. The van der Waals surface area contributed by atoms with E-state index in [0.29, 0.717) is 0 Å². The Morgan fingerprint density at radius 2 is 1.59 bits per heavy atom. The molecule has 2 aliphatic heterocycles. The zero-order valence-corrected chi connectivity index (χ0v) is 12.9. The van der Waals surface area contributed by atoms with Gasteiger partial charge in [-0.05, 0) is 60.8 Å². The van der Waals surface area contributed by atoms with Gasteiger partial charge in [0.2, 0.25) is 0 Å². The number of likely N-dealkylation sites (tertiary alicyclic amines) is 1. The number of nitrogens with zero attached hydrogens (tertiary/aromatic N) is 1. The van der Waals surface area contributed by atoms with Gasteiger partial charge in [0.1, 0.15) is 0 Å². The number of hydrogen-bond acceptors (Lipinski definition) is 2. The van der Waals surface area contributed by atoms with Crippen LogP contribution in [0.3, 0.4) is 0 Å². The average Bonchev–Trinajstić information content (AvgIpc) is 2.75. The van der Waals surface area contributed by atoms with Crippen molar-refractivity contribution >= 4 is 23.5 Å². The molecule has 4 rings (SSSR count). The summed E-state index contributed by atoms with van der Waals surface area (Å²) in [4.78, 5) is 2.58. The number of nitrogens with one attached hydrogen (secondary N) is 1. The smallest absolute Gasteiger partial charge is 0.0458 e. The second kappa shape index (κ2) is 5.98. The van der Waals surface area contributed by atoms with Gasteiger partial charge in [0.15, 0.2) is 0 Å². The third-order valence-corrected chi connectivity index (χ3v) is 4.64. The quantitative estimate of drug-likeness (QED) is 0.722. The van der Waals surface area contributed by atoms with Crippen molar-refractivity contribution < 1.29 is 0 Å². The molecule has 0 bridgehead atoms. The van der Waals surface area contributed by atoms with Gasteiger partial charge in [0.05, 0.1) is 0 Å². The van der Waals surface area contributed by atoms with E-state index in [1.54, 1.807) is 0 Å². The van der Waals surface area contributed by atoms with E-state index in [0.717, 1.165) is 6.54 Å². The molecular weight excluding hydrogens is 268 g/mol. The van der Waals surface area contributed by atoms with Gasteiger partial charge in [-0.3, -0.25) is 4.90 Å². The molecule has 2 nitrogen and oxygen atoms in total. The number of piperidine rings is 1. The summed E-state index contributed by atoms with van der Waals surface area (Å²) in [5, 5.41) is 3.56. The van der Waals surface area contributed by atoms with Crippen LogP contribution >= 0.6 is 0 Å². The van der Waals surface area contributed by atoms with Crippen molar-refractivity contribution in [1.82, 2.24) is 4.90 Å². The molecule has 22 heavy (non-hydrogen) atoms. The molecule has 0 radical (unpaired) electrons. The third kappa shape index (κ3) is 2.79. The van der Waals surface area contributed by atoms with E-state index in [9.17, 15) is 0 Å². The molecule has 112 valence electrons. The second-order valence-corrected chi connectivity index (χ2v) is 6.30. The Morgan fingerprint density at radius 1 is 0.818 bits per heavy atom. The Balaban J connectivity index is 1.59. The van der Waals surface area contributed by atoms with Gasteiger partial charge >= 0.3 is 0 Å². The molecule has 1 N–H and O–H groups in total. The van der Waals surface area contributed by atoms with Gasteiger partial charge in [-0.25, -0.2) is 0 Å². The van der Waals surface area contributed by atoms with Gasteiger partial charge in [-0.1, -0.05) is 42.8 Å². The molecule has 2 aliphatic rings. The zero-order chi connectivity index (χ0) is 14.8. The third-order valence-electron chi connectivity index (χ3n) is 4.64. The van der Waals surface area contributed by atoms with Crippen LogP contribution in [0.5, 0.6) is 0 Å². The first-order chi connectivity index (χ1) is 10.9. The first-order valence-electron chi connectivity index (χ1n) is 8.28. The second-order valence-electron chi connectivity index (χ2n) is 6.30. The van der Waals surface area contributed by atoms with E-state index in [1.165, 1.54) is 60.4 Å². The summed E-state index contributed by atoms with van der Waals surface area (Å²) >= 11 is 0. The largest absolute Gasteiger partial charge is 0.355 e. The molecule has 0 atom stereocenters. The highest BCUT2D eigenvalue weighted by molar-refractivity contribution is 5.87. The van der Waals surface area contributed by atoms with Gasteiger partial charge in [0, 0.05) is 17.9 Å². The maximum absolute atomic E-state index is 3.56. The fourth-order valence-corrected chi connectivity index (χ4v) is 3.42. The van der Waals surface area contributed by atoms with Crippen molar-refractivity contribution in [2.75, 3.05) is 18.4 Å². The maximum atomic E-state index is 3.56. The Morgan fingerprint density at radius 3 is 2.50 bits per heavy atom. The summed E-state index contributed by atoms with van der Waals surface area (Å²) in [5.74, 6) is 0. The molecule has 0 aromatic heterocycles. The Labute approximate surface area is 132 Å². The molecule has 1 fully saturated rings. The standard InChI is InChI=1S/C20H22N2/c1-4-12-22(13-5-1)15-16-8-11-20-18(14-16)10-9-17-6-2-3-7-19(17)21-20/h2-3,6-11,14,21H,1,4-5,12-13,15H2. The number of fused-ring (bicyclic) bond motifs is 2. The number of rotatable bonds is 2. The van der Waals surface area contributed by atoms with Gasteiger partial charge < -0.3 is 5.32 Å². The fraction of sp³-hybridized carbons (Fsp3) is 0.300. The van der Waals surface area contributed by atoms with Crippen LogP contribution in [-0.2, 0) is 6.54 Å². The van der Waals surface area contributed by atoms with Crippen molar-refractivity contribution in [3.8, 4) is 0 Å². The summed E-state index contributed by atoms with van der Waals surface area (Å²) < 4.78 is 0. The number of benzene rings is 2. The molecule has 2 aromatic rings. The van der Waals surface area contributed by atoms with E-state index in [4.69, 9.17) is 0 Å². The first-order valence-corrected chi connectivity index (χ1v) is 8.28. The van der Waals surface area contributed by atoms with E-state index in [2.05, 4.69) is 64.8 Å². The highest BCUT2D eigenvalue weighted by Crippen LogP contribution is 2.31. The summed E-state index contributed by atoms with van der Waals surface area (Å²) in [6.45, 7) is 3.57. The van der Waals surface area contributed by atoms with Crippen molar-refractivity contribution in [3.63, 3.8) is 0 Å². The van der Waals surface area contributed by atoms with Crippen molar-refractivity contribution in [1.29, 1.82) is 0 Å². The minimum atomic E-state index is 1.08. The summed E-state index contributed by atoms with van der Waals surface area (Å²) in [5.41, 5.74) is 6.32. The molecule has 0 spiro atoms. The number of hydrogen-bond donors (Lipinski definition) is 1. The lowest BCUT2D eigenvalue weighted by Gasteiger charge is -2.26. The van der Waals surface area contributed by atoms with Crippen LogP contribution in [0.2, 0.25) is 0 Å². The molecule has 2 heteroatoms. The zero-order valence-electron chi connectivity index (χ0n) is 12.9. The predicted octanol–water partition coefficient (Wildman–Crippen LogP) is 4.90. The summed E-state index contributed by atoms with van der Waals surface area (Å²) in [6.07, 6.45) is 8.53. The van der Waals surface area contributed by atoms with Crippen LogP contribution < -0.4 is 5.32 Å². The first kappa shape index (κ1) is 13.6. The van der Waals surface area contributed by atoms with Crippen molar-refractivity contribution in [2.45, 2.75) is 25.8 Å². The van der Waals surface area contributed by atoms with Crippen LogP contribution in [0.25, 0.3) is 12.2 Å². The van der Waals surface area contributed by atoms with Crippen LogP contribution in [0.4, 0.5) is 11.4 Å². The average molecular weight is 290 g/mol. The van der Waals surface area contributed by atoms with Crippen LogP contribution in [0.15, 0.2) is 42.5 Å². The normalized spacial score (nSPS) is 17.3. The van der Waals surface area contributed by atoms with Crippen LogP contribution in [0.1, 0.15) is 36.0 Å². The SMILES string of the molecule is C1=Cc2cc(CN3CCCCC3)ccc2Nc2ccccc21. The maximum Gasteiger partial charge on any atom is 0.0458 e. The van der Waals surface area contributed by atoms with Gasteiger partial charge in [-0.15, -0.1) is 0 Å². The van der Waals surface area contributed by atoms with Crippen molar-refractivity contribution in [3.05, 3.63) is 59.2 Å². The van der Waals surface area contributed by atoms with Gasteiger partial charge in [-0.2, -0.15) is 0 Å². The minimum Gasteiger partial charge on any atom is -0.355 e. The molecule has 0 saturated carbocycles. The molecular formula is C20H22N2. The number of anilines is 2. The molecule has 0 unspecified atom stereocenters. The predicted molar refractivity (Wildman–Crippen MR) is 94.2 cm³/mol. The van der Waals surface area contributed by atoms with Crippen molar-refractivity contribution in [2.24, 2.45) is 0 Å². The molecule has 0 aliphatic carbocycles. The van der Waals surface area contributed by atoms with E-state index < -0.39 is 0 Å². The lowest BCUT2D eigenvalue weighted by molar-refractivity contribution is 0.221. The highest BCUT2D eigenvalue weighted by Gasteiger charge is 2.12. The Kier molecular flexibility index (Phi) is 3.69. The lowest BCUT2D eigenvalue weighted by atomic mass is 10.1. The molecule has 2 heterocycles. The topological polar surface area (TPSA) is 15.3 Å².